The van der Waals surface area contributed by atoms with E-state index in [1.165, 1.54) is 11.1 Å². The van der Waals surface area contributed by atoms with Gasteiger partial charge in [0.05, 0.1) is 0 Å². The van der Waals surface area contributed by atoms with Gasteiger partial charge < -0.3 is 10.5 Å². The van der Waals surface area contributed by atoms with Gasteiger partial charge >= 0.3 is 0 Å². The molecule has 3 rings (SSSR count). The van der Waals surface area contributed by atoms with Gasteiger partial charge in [-0.05, 0) is 24.6 Å². The highest BCUT2D eigenvalue weighted by Gasteiger charge is 2.39. The fourth-order valence-corrected chi connectivity index (χ4v) is 2.84. The predicted molar refractivity (Wildman–Crippen MR) is 73.7 cm³/mol. The lowest BCUT2D eigenvalue weighted by atomic mass is 9.97. The van der Waals surface area contributed by atoms with Crippen molar-refractivity contribution < 1.29 is 4.74 Å². The maximum absolute atomic E-state index is 6.27. The summed E-state index contributed by atoms with van der Waals surface area (Å²) in [6.45, 7) is 5.80. The van der Waals surface area contributed by atoms with Crippen molar-refractivity contribution in [2.45, 2.75) is 18.9 Å². The number of rotatable bonds is 2. The van der Waals surface area contributed by atoms with Gasteiger partial charge in [-0.15, -0.1) is 0 Å². The molecule has 3 heteroatoms. The average Bonchev–Trinajstić information content (AvgIpc) is 2.72. The van der Waals surface area contributed by atoms with Crippen molar-refractivity contribution in [1.29, 1.82) is 0 Å². The lowest BCUT2D eigenvalue weighted by Crippen LogP contribution is -2.39. The van der Waals surface area contributed by atoms with Gasteiger partial charge in [0.25, 0.3) is 0 Å². The van der Waals surface area contributed by atoms with Crippen molar-refractivity contribution >= 4 is 6.08 Å². The van der Waals surface area contributed by atoms with Crippen LogP contribution in [0.4, 0.5) is 0 Å². The van der Waals surface area contributed by atoms with Gasteiger partial charge in [-0.1, -0.05) is 18.2 Å². The molecule has 0 radical (unpaired) electrons. The standard InChI is InChI=1S/C15H20N2O/c1-12-2-3-13-4-5-15(18-14(13)10-12)6-8-17(11-15)9-7-16/h2-5,10H,6-9,11,16H2,1H3. The van der Waals surface area contributed by atoms with Crippen LogP contribution in [0.5, 0.6) is 5.75 Å². The number of likely N-dealkylation sites (tertiary alicyclic amines) is 1. The molecule has 2 aliphatic heterocycles. The molecule has 1 spiro atoms. The summed E-state index contributed by atoms with van der Waals surface area (Å²) in [4.78, 5) is 2.38. The van der Waals surface area contributed by atoms with Gasteiger partial charge in [-0.2, -0.15) is 0 Å². The van der Waals surface area contributed by atoms with Crippen LogP contribution in [0.25, 0.3) is 6.08 Å². The molecule has 0 aliphatic carbocycles. The second kappa shape index (κ2) is 4.41. The summed E-state index contributed by atoms with van der Waals surface area (Å²) in [5.41, 5.74) is 7.92. The zero-order chi connectivity index (χ0) is 12.6. The number of ether oxygens (including phenoxy) is 1. The van der Waals surface area contributed by atoms with Gasteiger partial charge in [0.15, 0.2) is 0 Å². The molecule has 18 heavy (non-hydrogen) atoms. The molecule has 2 heterocycles. The number of benzene rings is 1. The summed E-state index contributed by atoms with van der Waals surface area (Å²) >= 11 is 0. The molecular formula is C15H20N2O. The number of hydrogen-bond acceptors (Lipinski definition) is 3. The van der Waals surface area contributed by atoms with E-state index in [1.807, 2.05) is 0 Å². The normalized spacial score (nSPS) is 26.3. The third-order valence-corrected chi connectivity index (χ3v) is 3.84. The van der Waals surface area contributed by atoms with E-state index >= 15 is 0 Å². The molecule has 1 aromatic rings. The van der Waals surface area contributed by atoms with Gasteiger partial charge in [0.1, 0.15) is 11.4 Å². The monoisotopic (exact) mass is 244 g/mol. The van der Waals surface area contributed by atoms with Crippen molar-refractivity contribution in [2.24, 2.45) is 5.73 Å². The van der Waals surface area contributed by atoms with E-state index in [0.717, 1.165) is 38.3 Å². The minimum atomic E-state index is -0.129. The molecule has 0 aromatic heterocycles. The fourth-order valence-electron chi connectivity index (χ4n) is 2.84. The van der Waals surface area contributed by atoms with E-state index in [1.54, 1.807) is 0 Å². The molecule has 2 N–H and O–H groups in total. The zero-order valence-electron chi connectivity index (χ0n) is 10.9. The first-order valence-corrected chi connectivity index (χ1v) is 6.62. The molecule has 3 nitrogen and oxygen atoms in total. The Balaban J connectivity index is 1.83. The Kier molecular flexibility index (Phi) is 2.88. The minimum Gasteiger partial charge on any atom is -0.481 e. The topological polar surface area (TPSA) is 38.5 Å². The van der Waals surface area contributed by atoms with E-state index in [0.29, 0.717) is 0 Å². The van der Waals surface area contributed by atoms with E-state index in [2.05, 4.69) is 42.2 Å². The SMILES string of the molecule is Cc1ccc2c(c1)OC1(C=C2)CCN(CCN)C1. The van der Waals surface area contributed by atoms with Crippen LogP contribution < -0.4 is 10.5 Å². The summed E-state index contributed by atoms with van der Waals surface area (Å²) < 4.78 is 6.27. The third-order valence-electron chi connectivity index (χ3n) is 3.84. The largest absolute Gasteiger partial charge is 0.481 e. The van der Waals surface area contributed by atoms with Gasteiger partial charge in [0.2, 0.25) is 0 Å². The molecule has 2 aliphatic rings. The van der Waals surface area contributed by atoms with Gasteiger partial charge in [-0.3, -0.25) is 4.90 Å². The summed E-state index contributed by atoms with van der Waals surface area (Å²) in [5.74, 6) is 1.02. The molecule has 0 bridgehead atoms. The van der Waals surface area contributed by atoms with Crippen LogP contribution in [0.2, 0.25) is 0 Å². The zero-order valence-corrected chi connectivity index (χ0v) is 10.9. The molecule has 0 amide bonds. The highest BCUT2D eigenvalue weighted by molar-refractivity contribution is 5.62. The fraction of sp³-hybridized carbons (Fsp3) is 0.467. The minimum absolute atomic E-state index is 0.129. The number of fused-ring (bicyclic) bond motifs is 1. The maximum Gasteiger partial charge on any atom is 0.141 e. The summed E-state index contributed by atoms with van der Waals surface area (Å²) in [6, 6.07) is 6.38. The van der Waals surface area contributed by atoms with Crippen molar-refractivity contribution in [2.75, 3.05) is 26.2 Å². The van der Waals surface area contributed by atoms with Gasteiger partial charge in [-0.25, -0.2) is 0 Å². The van der Waals surface area contributed by atoms with E-state index in [9.17, 15) is 0 Å². The van der Waals surface area contributed by atoms with Crippen molar-refractivity contribution in [3.8, 4) is 5.75 Å². The average molecular weight is 244 g/mol. The number of nitrogens with zero attached hydrogens (tertiary/aromatic N) is 1. The van der Waals surface area contributed by atoms with Crippen LogP contribution in [0.3, 0.4) is 0 Å². The number of aryl methyl sites for hydroxylation is 1. The number of nitrogens with two attached hydrogens (primary N) is 1. The first-order valence-electron chi connectivity index (χ1n) is 6.62. The van der Waals surface area contributed by atoms with Crippen molar-refractivity contribution in [3.63, 3.8) is 0 Å². The molecule has 96 valence electrons. The van der Waals surface area contributed by atoms with E-state index < -0.39 is 0 Å². The lowest BCUT2D eigenvalue weighted by Gasteiger charge is -2.31. The Morgan fingerprint density at radius 2 is 2.33 bits per heavy atom. The second-order valence-electron chi connectivity index (χ2n) is 5.36. The van der Waals surface area contributed by atoms with Crippen LogP contribution >= 0.6 is 0 Å². The molecule has 0 saturated carbocycles. The smallest absolute Gasteiger partial charge is 0.141 e. The van der Waals surface area contributed by atoms with E-state index in [4.69, 9.17) is 10.5 Å². The third kappa shape index (κ3) is 2.04. The van der Waals surface area contributed by atoms with Crippen LogP contribution in [0.15, 0.2) is 24.3 Å². The summed E-state index contributed by atoms with van der Waals surface area (Å²) in [6.07, 6.45) is 5.47. The van der Waals surface area contributed by atoms with Crippen LogP contribution in [0.1, 0.15) is 17.5 Å². The second-order valence-corrected chi connectivity index (χ2v) is 5.36. The maximum atomic E-state index is 6.27. The first-order chi connectivity index (χ1) is 8.71. The van der Waals surface area contributed by atoms with Crippen LogP contribution in [-0.4, -0.2) is 36.7 Å². The quantitative estimate of drug-likeness (QED) is 0.862. The summed E-state index contributed by atoms with van der Waals surface area (Å²) in [7, 11) is 0. The molecule has 1 atom stereocenters. The molecule has 1 fully saturated rings. The Morgan fingerprint density at radius 3 is 3.17 bits per heavy atom. The number of hydrogen-bond donors (Lipinski definition) is 1. The molecule has 1 saturated heterocycles. The highest BCUT2D eigenvalue weighted by atomic mass is 16.5. The first kappa shape index (κ1) is 11.8. The Labute approximate surface area is 108 Å². The Hall–Kier alpha value is -1.32. The Morgan fingerprint density at radius 1 is 1.44 bits per heavy atom. The predicted octanol–water partition coefficient (Wildman–Crippen LogP) is 1.80. The van der Waals surface area contributed by atoms with Gasteiger partial charge in [0, 0.05) is 38.2 Å². The van der Waals surface area contributed by atoms with Crippen LogP contribution in [-0.2, 0) is 0 Å². The molecular weight excluding hydrogens is 224 g/mol. The highest BCUT2D eigenvalue weighted by Crippen LogP contribution is 2.36. The Bertz CT molecular complexity index is 483. The summed E-state index contributed by atoms with van der Waals surface area (Å²) in [5, 5.41) is 0. The van der Waals surface area contributed by atoms with Crippen molar-refractivity contribution in [3.05, 3.63) is 35.4 Å². The van der Waals surface area contributed by atoms with Crippen LogP contribution in [0, 0.1) is 6.92 Å². The molecule has 1 unspecified atom stereocenters. The molecule has 1 aromatic carbocycles. The van der Waals surface area contributed by atoms with Crippen molar-refractivity contribution in [1.82, 2.24) is 4.90 Å². The lowest BCUT2D eigenvalue weighted by molar-refractivity contribution is 0.123. The van der Waals surface area contributed by atoms with E-state index in [-0.39, 0.29) is 5.60 Å².